The fourth-order valence-electron chi connectivity index (χ4n) is 4.97. The molecule has 1 aliphatic heterocycles. The lowest BCUT2D eigenvalue weighted by molar-refractivity contribution is -0.202. The molecule has 6 nitrogen and oxygen atoms in total. The lowest BCUT2D eigenvalue weighted by Crippen LogP contribution is -2.74. The lowest BCUT2D eigenvalue weighted by atomic mass is 9.33. The van der Waals surface area contributed by atoms with E-state index in [-0.39, 0.29) is 0 Å². The highest BCUT2D eigenvalue weighted by Gasteiger charge is 2.79. The van der Waals surface area contributed by atoms with E-state index in [0.717, 1.165) is 19.3 Å². The topological polar surface area (TPSA) is 86.7 Å². The van der Waals surface area contributed by atoms with Crippen molar-refractivity contribution in [2.24, 2.45) is 22.7 Å². The molecule has 0 radical (unpaired) electrons. The number of hydrogen-bond acceptors (Lipinski definition) is 6. The third-order valence-electron chi connectivity index (χ3n) is 6.53. The number of hydrogen-bond donors (Lipinski definition) is 0. The monoisotopic (exact) mass is 344 g/mol. The number of Topliss-reactive ketones (excluding diaryl/α,β-unsaturated/α-hetero) is 2. The Morgan fingerprint density at radius 2 is 1.16 bits per heavy atom. The molecule has 0 aromatic carbocycles. The zero-order chi connectivity index (χ0) is 18.0. The highest BCUT2D eigenvalue weighted by Crippen LogP contribution is 2.71. The summed E-state index contributed by atoms with van der Waals surface area (Å²) in [6, 6.07) is 0. The smallest absolute Gasteiger partial charge is 0.225 e. The molecule has 0 bridgehead atoms. The van der Waals surface area contributed by atoms with Crippen LogP contribution in [0.25, 0.3) is 0 Å². The average molecular weight is 344 g/mol. The Bertz CT molecular complexity index is 711. The Hall–Kier alpha value is -2.24. The summed E-state index contributed by atoms with van der Waals surface area (Å²) in [5.41, 5.74) is -2.55. The third-order valence-corrected chi connectivity index (χ3v) is 6.53. The number of ketones is 4. The van der Waals surface area contributed by atoms with Crippen LogP contribution in [-0.2, 0) is 28.7 Å². The number of allylic oxidation sites excluding steroid dienone is 4. The highest BCUT2D eigenvalue weighted by atomic mass is 16.5. The standard InChI is InChI=1S/C19H20O6/c1-18-14-12(8-10(20)16(18)22)24-6-4-3-5-7-25-13-9-11(21)17(23)19(18,2)15(13)14/h8-9,14-15H,3-7H2,1-2H3/t14-,15+,18+,19-. The second kappa shape index (κ2) is 5.13. The van der Waals surface area contributed by atoms with Crippen LogP contribution in [0.5, 0.6) is 0 Å². The van der Waals surface area contributed by atoms with Crippen molar-refractivity contribution in [3.63, 3.8) is 0 Å². The van der Waals surface area contributed by atoms with Crippen LogP contribution in [0, 0.1) is 22.7 Å². The second-order valence-electron chi connectivity index (χ2n) is 7.60. The van der Waals surface area contributed by atoms with E-state index in [0.29, 0.717) is 24.7 Å². The van der Waals surface area contributed by atoms with Gasteiger partial charge in [0.25, 0.3) is 0 Å². The number of rotatable bonds is 0. The molecule has 0 amide bonds. The molecule has 2 fully saturated rings. The summed E-state index contributed by atoms with van der Waals surface area (Å²) in [6.07, 6.45) is 5.02. The van der Waals surface area contributed by atoms with Crippen molar-refractivity contribution in [3.05, 3.63) is 23.7 Å². The van der Waals surface area contributed by atoms with Crippen molar-refractivity contribution < 1.29 is 28.7 Å². The van der Waals surface area contributed by atoms with Crippen LogP contribution in [0.1, 0.15) is 33.1 Å². The van der Waals surface area contributed by atoms with Crippen molar-refractivity contribution in [2.45, 2.75) is 33.1 Å². The predicted octanol–water partition coefficient (Wildman–Crippen LogP) is 1.53. The molecule has 132 valence electrons. The van der Waals surface area contributed by atoms with E-state index >= 15 is 0 Å². The molecular weight excluding hydrogens is 324 g/mol. The van der Waals surface area contributed by atoms with E-state index in [1.807, 2.05) is 0 Å². The van der Waals surface area contributed by atoms with Gasteiger partial charge >= 0.3 is 0 Å². The first-order valence-corrected chi connectivity index (χ1v) is 8.69. The molecule has 4 atom stereocenters. The van der Waals surface area contributed by atoms with Crippen LogP contribution in [0.4, 0.5) is 0 Å². The molecular formula is C19H20O6. The highest BCUT2D eigenvalue weighted by molar-refractivity contribution is 6.49. The zero-order valence-electron chi connectivity index (χ0n) is 14.3. The Labute approximate surface area is 145 Å². The van der Waals surface area contributed by atoms with Gasteiger partial charge < -0.3 is 9.47 Å². The van der Waals surface area contributed by atoms with E-state index in [2.05, 4.69) is 0 Å². The minimum atomic E-state index is -1.28. The summed E-state index contributed by atoms with van der Waals surface area (Å²) in [5, 5.41) is 0. The van der Waals surface area contributed by atoms with E-state index in [9.17, 15) is 19.2 Å². The van der Waals surface area contributed by atoms with Crippen LogP contribution in [0.2, 0.25) is 0 Å². The lowest BCUT2D eigenvalue weighted by Gasteiger charge is -2.66. The van der Waals surface area contributed by atoms with E-state index in [1.54, 1.807) is 13.8 Å². The number of carbonyl (C=O) groups is 4. The second-order valence-corrected chi connectivity index (χ2v) is 7.60. The number of fused-ring (bicyclic) bond motifs is 1. The number of carbonyl (C=O) groups excluding carboxylic acids is 4. The Morgan fingerprint density at radius 3 is 1.56 bits per heavy atom. The van der Waals surface area contributed by atoms with Crippen LogP contribution in [0.3, 0.4) is 0 Å². The van der Waals surface area contributed by atoms with Crippen LogP contribution < -0.4 is 0 Å². The molecule has 1 saturated carbocycles. The quantitative estimate of drug-likeness (QED) is 0.620. The minimum absolute atomic E-state index is 0.438. The fraction of sp³-hybridized carbons (Fsp3) is 0.579. The summed E-state index contributed by atoms with van der Waals surface area (Å²) >= 11 is 0. The van der Waals surface area contributed by atoms with Crippen molar-refractivity contribution in [1.82, 2.24) is 0 Å². The first kappa shape index (κ1) is 16.2. The van der Waals surface area contributed by atoms with Gasteiger partial charge in [-0.05, 0) is 19.3 Å². The summed E-state index contributed by atoms with van der Waals surface area (Å²) < 4.78 is 11.7. The van der Waals surface area contributed by atoms with Gasteiger partial charge in [-0.3, -0.25) is 19.2 Å². The van der Waals surface area contributed by atoms with Crippen molar-refractivity contribution >= 4 is 23.1 Å². The first-order chi connectivity index (χ1) is 11.8. The van der Waals surface area contributed by atoms with E-state index in [1.165, 1.54) is 12.2 Å². The van der Waals surface area contributed by atoms with Gasteiger partial charge in [-0.25, -0.2) is 0 Å². The first-order valence-electron chi connectivity index (χ1n) is 8.69. The summed E-state index contributed by atoms with van der Waals surface area (Å²) in [4.78, 5) is 50.0. The molecule has 4 rings (SSSR count). The van der Waals surface area contributed by atoms with Gasteiger partial charge in [0, 0.05) is 24.0 Å². The van der Waals surface area contributed by atoms with Gasteiger partial charge in [0.1, 0.15) is 11.5 Å². The Kier molecular flexibility index (Phi) is 3.33. The van der Waals surface area contributed by atoms with Crippen LogP contribution in [-0.4, -0.2) is 36.3 Å². The van der Waals surface area contributed by atoms with Crippen molar-refractivity contribution in [3.8, 4) is 0 Å². The zero-order valence-corrected chi connectivity index (χ0v) is 14.3. The van der Waals surface area contributed by atoms with Gasteiger partial charge in [0.2, 0.25) is 23.1 Å². The van der Waals surface area contributed by atoms with Gasteiger partial charge in [-0.2, -0.15) is 0 Å². The molecule has 0 unspecified atom stereocenters. The maximum atomic E-state index is 12.7. The number of ether oxygens (including phenoxy) is 2. The van der Waals surface area contributed by atoms with Crippen LogP contribution >= 0.6 is 0 Å². The van der Waals surface area contributed by atoms with Gasteiger partial charge in [0.15, 0.2) is 0 Å². The van der Waals surface area contributed by atoms with E-state index < -0.39 is 45.8 Å². The molecule has 1 saturated heterocycles. The predicted molar refractivity (Wildman–Crippen MR) is 85.1 cm³/mol. The summed E-state index contributed by atoms with van der Waals surface area (Å²) in [7, 11) is 0. The molecule has 4 aliphatic rings. The van der Waals surface area contributed by atoms with Gasteiger partial charge in [-0.15, -0.1) is 0 Å². The van der Waals surface area contributed by atoms with Crippen molar-refractivity contribution in [1.29, 1.82) is 0 Å². The summed E-state index contributed by atoms with van der Waals surface area (Å²) in [5.74, 6) is -2.61. The van der Waals surface area contributed by atoms with Crippen LogP contribution in [0.15, 0.2) is 23.7 Å². The molecule has 0 aromatic heterocycles. The normalized spacial score (nSPS) is 40.6. The molecule has 0 aromatic rings. The molecule has 0 spiro atoms. The molecule has 1 heterocycles. The Morgan fingerprint density at radius 1 is 0.760 bits per heavy atom. The fourth-order valence-corrected chi connectivity index (χ4v) is 4.97. The molecule has 25 heavy (non-hydrogen) atoms. The maximum Gasteiger partial charge on any atom is 0.225 e. The van der Waals surface area contributed by atoms with Crippen molar-refractivity contribution in [2.75, 3.05) is 13.2 Å². The average Bonchev–Trinajstić information content (AvgIpc) is 2.61. The van der Waals surface area contributed by atoms with Gasteiger partial charge in [0.05, 0.1) is 24.0 Å². The largest absolute Gasteiger partial charge is 0.497 e. The molecule has 0 N–H and O–H groups in total. The summed E-state index contributed by atoms with van der Waals surface area (Å²) in [6.45, 7) is 4.13. The minimum Gasteiger partial charge on any atom is -0.497 e. The Balaban J connectivity index is 1.91. The molecule has 6 heteroatoms. The third kappa shape index (κ3) is 1.80. The van der Waals surface area contributed by atoms with E-state index in [4.69, 9.17) is 9.47 Å². The SMILES string of the molecule is C[C@@]12C(=O)C(=O)C=C3OCCCCCOC4=CC(=O)C(=O)[C@]1(C)[C@H]4[C@H]32. The molecule has 3 aliphatic carbocycles. The van der Waals surface area contributed by atoms with Gasteiger partial charge in [-0.1, -0.05) is 13.8 Å². The maximum absolute atomic E-state index is 12.7.